The van der Waals surface area contributed by atoms with Gasteiger partial charge in [-0.1, -0.05) is 210 Å². The van der Waals surface area contributed by atoms with E-state index in [1.54, 1.807) is 0 Å². The van der Waals surface area contributed by atoms with Crippen molar-refractivity contribution in [2.24, 2.45) is 0 Å². The highest BCUT2D eigenvalue weighted by atomic mass is 15.2. The van der Waals surface area contributed by atoms with E-state index in [1.807, 2.05) is 0 Å². The topological polar surface area (TPSA) is 50.4 Å². The second-order valence-corrected chi connectivity index (χ2v) is 25.6. The van der Waals surface area contributed by atoms with Crippen LogP contribution in [0.1, 0.15) is 22.3 Å². The Morgan fingerprint density at radius 3 is 0.968 bits per heavy atom. The van der Waals surface area contributed by atoms with Crippen LogP contribution in [-0.2, 0) is 0 Å². The smallest absolute Gasteiger partial charge is 0.150 e. The molecule has 0 aliphatic carbocycles. The molecule has 95 heavy (non-hydrogen) atoms. The molecule has 19 aromatic rings. The van der Waals surface area contributed by atoms with Gasteiger partial charge in [0.15, 0.2) is 0 Å². The molecule has 6 aromatic heterocycles. The molecule has 0 aliphatic rings. The molecule has 0 spiro atoms. The Bertz CT molecular complexity index is 6310. The van der Waals surface area contributed by atoms with Gasteiger partial charge in [-0.2, -0.15) is 0 Å². The molecule has 6 heterocycles. The summed E-state index contributed by atoms with van der Waals surface area (Å²) in [7, 11) is 0. The van der Waals surface area contributed by atoms with Crippen molar-refractivity contribution in [2.45, 2.75) is 27.7 Å². The molecule has 0 bridgehead atoms. The molecule has 7 heteroatoms. The van der Waals surface area contributed by atoms with E-state index in [0.717, 1.165) is 172 Å². The lowest BCUT2D eigenvalue weighted by Gasteiger charge is -2.31. The molecular weight excluding hydrogens is 1160 g/mol. The molecule has 0 amide bonds. The van der Waals surface area contributed by atoms with Crippen molar-refractivity contribution in [3.63, 3.8) is 0 Å². The first-order valence-electron chi connectivity index (χ1n) is 32.7. The first kappa shape index (κ1) is 54.4. The fraction of sp³-hybridized carbons (Fsp3) is 0.0455. The van der Waals surface area contributed by atoms with Gasteiger partial charge < -0.3 is 18.3 Å². The van der Waals surface area contributed by atoms with Crippen molar-refractivity contribution in [1.82, 2.24) is 32.8 Å². The van der Waals surface area contributed by atoms with E-state index >= 15 is 0 Å². The lowest BCUT2D eigenvalue weighted by molar-refractivity contribution is 1.02. The molecule has 448 valence electrons. The van der Waals surface area contributed by atoms with E-state index in [9.17, 15) is 0 Å². The fourth-order valence-electron chi connectivity index (χ4n) is 15.6. The van der Waals surface area contributed by atoms with Gasteiger partial charge in [0, 0.05) is 65.5 Å². The highest BCUT2D eigenvalue weighted by Crippen LogP contribution is 2.56. The van der Waals surface area contributed by atoms with Crippen LogP contribution in [0.25, 0.3) is 172 Å². The molecular formula is C88H61N7. The second-order valence-electron chi connectivity index (χ2n) is 25.6. The zero-order valence-electron chi connectivity index (χ0n) is 52.9. The van der Waals surface area contributed by atoms with Crippen LogP contribution in [0.3, 0.4) is 0 Å². The minimum absolute atomic E-state index is 0.780. The van der Waals surface area contributed by atoms with Crippen molar-refractivity contribution in [3.05, 3.63) is 320 Å². The third kappa shape index (κ3) is 8.25. The summed E-state index contributed by atoms with van der Waals surface area (Å²) in [6.07, 6.45) is 0. The lowest BCUT2D eigenvalue weighted by Crippen LogP contribution is -2.17. The van der Waals surface area contributed by atoms with E-state index in [-0.39, 0.29) is 0 Å². The Labute approximate surface area is 548 Å². The van der Waals surface area contributed by atoms with Crippen LogP contribution in [0.4, 0.5) is 0 Å². The second kappa shape index (κ2) is 21.1. The number of imidazole rings is 1. The largest absolute Gasteiger partial charge is 0.308 e. The normalized spacial score (nSPS) is 12.0. The number of pyridine rings is 1. The average Bonchev–Trinajstić information content (AvgIpc) is 1.62. The number of fused-ring (bicyclic) bond motifs is 13. The van der Waals surface area contributed by atoms with E-state index in [2.05, 4.69) is 348 Å². The summed E-state index contributed by atoms with van der Waals surface area (Å²) in [6.45, 7) is 8.86. The summed E-state index contributed by atoms with van der Waals surface area (Å²) in [5.41, 5.74) is 26.6. The number of nitrogens with zero attached hydrogens (tertiary/aromatic N) is 7. The number of para-hydroxylation sites is 7. The minimum Gasteiger partial charge on any atom is -0.308 e. The van der Waals surface area contributed by atoms with Crippen molar-refractivity contribution >= 4 is 98.3 Å². The number of hydrogen-bond donors (Lipinski definition) is 0. The molecule has 7 nitrogen and oxygen atoms in total. The van der Waals surface area contributed by atoms with Gasteiger partial charge in [-0.05, 0) is 142 Å². The summed E-state index contributed by atoms with van der Waals surface area (Å²) in [6, 6.07) is 110. The molecule has 0 saturated heterocycles. The van der Waals surface area contributed by atoms with E-state index < -0.39 is 0 Å². The highest BCUT2D eigenvalue weighted by molar-refractivity contribution is 6.19. The SMILES string of the molecule is Cc1ccc2c(c1)c1ccccc1n2-c1c(-c2cc(-c3ccccc3)nc(-c3ccccc3)c2)c(-n2c3ccccc3c3cc(C)ccc32)c(-n2c3ccccc3c3cc(C)ccc32)c(-n2c3ccccc3c3cc(C)ccc32)c1-c1nc2ccccc2n1-c1ccccc1. The monoisotopic (exact) mass is 1220 g/mol. The van der Waals surface area contributed by atoms with Crippen molar-refractivity contribution in [3.8, 4) is 73.5 Å². The van der Waals surface area contributed by atoms with Crippen LogP contribution >= 0.6 is 0 Å². The molecule has 0 saturated carbocycles. The van der Waals surface area contributed by atoms with E-state index in [0.29, 0.717) is 0 Å². The molecule has 0 aliphatic heterocycles. The standard InChI is InChI=1S/C88H61N7/c1-54-40-44-77-66(48-54)62-30-14-19-35-73(62)92(77)84-82(60-52-71(58-24-8-5-9-25-58)89-72(53-60)59-26-10-6-11-27-59)85(93-74-36-20-15-31-63(74)67-49-55(2)41-45-78(67)93)87(95-76-38-22-17-33-65(76)69-51-57(4)43-47-80(69)95)86(94-75-37-21-16-32-64(75)68-50-56(3)42-46-79(68)94)83(84)88-90-70-34-18-23-39-81(70)91(88)61-28-12-7-13-29-61/h5-53H,1-4H3. The number of rotatable bonds is 9. The lowest BCUT2D eigenvalue weighted by atomic mass is 9.90. The Kier molecular flexibility index (Phi) is 12.1. The Balaban J connectivity index is 1.21. The van der Waals surface area contributed by atoms with E-state index in [4.69, 9.17) is 9.97 Å². The maximum Gasteiger partial charge on any atom is 0.150 e. The maximum absolute atomic E-state index is 6.18. The predicted octanol–water partition coefficient (Wildman–Crippen LogP) is 22.7. The third-order valence-electron chi connectivity index (χ3n) is 19.7. The quantitative estimate of drug-likeness (QED) is 0.145. The van der Waals surface area contributed by atoms with Gasteiger partial charge in [0.25, 0.3) is 0 Å². The fourth-order valence-corrected chi connectivity index (χ4v) is 15.6. The maximum atomic E-state index is 6.18. The molecule has 19 rings (SSSR count). The van der Waals surface area contributed by atoms with Gasteiger partial charge in [-0.15, -0.1) is 0 Å². The Morgan fingerprint density at radius 2 is 0.547 bits per heavy atom. The Hall–Kier alpha value is -12.3. The van der Waals surface area contributed by atoms with Crippen molar-refractivity contribution < 1.29 is 0 Å². The summed E-state index contributed by atoms with van der Waals surface area (Å²) < 4.78 is 12.9. The number of hydrogen-bond acceptors (Lipinski definition) is 2. The summed E-state index contributed by atoms with van der Waals surface area (Å²) >= 11 is 0. The van der Waals surface area contributed by atoms with Crippen LogP contribution in [0, 0.1) is 27.7 Å². The summed E-state index contributed by atoms with van der Waals surface area (Å²) in [4.78, 5) is 11.9. The molecule has 0 radical (unpaired) electrons. The van der Waals surface area contributed by atoms with Crippen molar-refractivity contribution in [1.29, 1.82) is 0 Å². The van der Waals surface area contributed by atoms with Gasteiger partial charge in [0.1, 0.15) is 5.82 Å². The third-order valence-corrected chi connectivity index (χ3v) is 19.7. The van der Waals surface area contributed by atoms with Crippen LogP contribution in [0.2, 0.25) is 0 Å². The van der Waals surface area contributed by atoms with Gasteiger partial charge in [-0.25, -0.2) is 9.97 Å². The minimum atomic E-state index is 0.780. The van der Waals surface area contributed by atoms with E-state index in [1.165, 1.54) is 22.3 Å². The van der Waals surface area contributed by atoms with Gasteiger partial charge in [0.05, 0.1) is 94.9 Å². The molecule has 0 unspecified atom stereocenters. The zero-order chi connectivity index (χ0) is 63.2. The number of aromatic nitrogens is 7. The number of aryl methyl sites for hydroxylation is 4. The first-order chi connectivity index (χ1) is 46.8. The zero-order valence-corrected chi connectivity index (χ0v) is 52.9. The summed E-state index contributed by atoms with van der Waals surface area (Å²) in [5, 5.41) is 9.25. The average molecular weight is 1220 g/mol. The molecule has 0 N–H and O–H groups in total. The first-order valence-corrected chi connectivity index (χ1v) is 32.7. The Morgan fingerprint density at radius 1 is 0.221 bits per heavy atom. The summed E-state index contributed by atoms with van der Waals surface area (Å²) in [5.74, 6) is 0.780. The molecule has 0 fully saturated rings. The van der Waals surface area contributed by atoms with Gasteiger partial charge >= 0.3 is 0 Å². The van der Waals surface area contributed by atoms with Gasteiger partial charge in [0.2, 0.25) is 0 Å². The highest BCUT2D eigenvalue weighted by Gasteiger charge is 2.38. The predicted molar refractivity (Wildman–Crippen MR) is 397 cm³/mol. The van der Waals surface area contributed by atoms with Crippen LogP contribution in [0.5, 0.6) is 0 Å². The van der Waals surface area contributed by atoms with Crippen LogP contribution in [0.15, 0.2) is 297 Å². The number of benzene rings is 13. The van der Waals surface area contributed by atoms with Crippen LogP contribution < -0.4 is 0 Å². The molecule has 13 aromatic carbocycles. The van der Waals surface area contributed by atoms with Crippen molar-refractivity contribution in [2.75, 3.05) is 0 Å². The molecule has 0 atom stereocenters. The van der Waals surface area contributed by atoms with Crippen LogP contribution in [-0.4, -0.2) is 32.8 Å². The van der Waals surface area contributed by atoms with Gasteiger partial charge in [-0.3, -0.25) is 4.57 Å².